The second-order valence-corrected chi connectivity index (χ2v) is 6.50. The predicted molar refractivity (Wildman–Crippen MR) is 65.4 cm³/mol. The van der Waals surface area contributed by atoms with Crippen molar-refractivity contribution in [1.82, 2.24) is 4.31 Å². The molecule has 1 aliphatic heterocycles. The summed E-state index contributed by atoms with van der Waals surface area (Å²) in [6, 6.07) is 5.11. The van der Waals surface area contributed by atoms with E-state index in [0.29, 0.717) is 24.7 Å². The fourth-order valence-electron chi connectivity index (χ4n) is 2.04. The summed E-state index contributed by atoms with van der Waals surface area (Å²) in [7, 11) is -1.87. The highest BCUT2D eigenvalue weighted by molar-refractivity contribution is 7.89. The highest BCUT2D eigenvalue weighted by Gasteiger charge is 2.37. The van der Waals surface area contributed by atoms with Crippen molar-refractivity contribution in [2.45, 2.75) is 23.8 Å². The molecule has 98 valence electrons. The fraction of sp³-hybridized carbons (Fsp3) is 0.500. The molecule has 2 aliphatic rings. The zero-order chi connectivity index (χ0) is 12.8. The van der Waals surface area contributed by atoms with E-state index >= 15 is 0 Å². The van der Waals surface area contributed by atoms with Gasteiger partial charge >= 0.3 is 0 Å². The topological polar surface area (TPSA) is 55.8 Å². The predicted octanol–water partition coefficient (Wildman–Crippen LogP) is 1.24. The maximum Gasteiger partial charge on any atom is 0.246 e. The van der Waals surface area contributed by atoms with Crippen LogP contribution in [0.4, 0.5) is 0 Å². The molecule has 0 amide bonds. The molecule has 1 saturated carbocycles. The van der Waals surface area contributed by atoms with Crippen LogP contribution in [0.2, 0.25) is 0 Å². The van der Waals surface area contributed by atoms with Crippen molar-refractivity contribution >= 4 is 10.0 Å². The molecule has 1 aliphatic carbocycles. The molecule has 0 unspecified atom stereocenters. The lowest BCUT2D eigenvalue weighted by atomic mass is 10.3. The van der Waals surface area contributed by atoms with Gasteiger partial charge in [0.15, 0.2) is 11.5 Å². The van der Waals surface area contributed by atoms with Gasteiger partial charge in [0.2, 0.25) is 10.0 Å². The lowest BCUT2D eigenvalue weighted by molar-refractivity contribution is 0.166. The third-order valence-electron chi connectivity index (χ3n) is 3.25. The zero-order valence-corrected chi connectivity index (χ0v) is 10.9. The minimum absolute atomic E-state index is 0.135. The van der Waals surface area contributed by atoms with E-state index in [2.05, 4.69) is 0 Å². The van der Waals surface area contributed by atoms with Crippen LogP contribution in [0.5, 0.6) is 11.5 Å². The molecule has 0 spiro atoms. The first-order valence-electron chi connectivity index (χ1n) is 5.97. The van der Waals surface area contributed by atoms with Gasteiger partial charge < -0.3 is 9.47 Å². The Morgan fingerprint density at radius 2 is 1.94 bits per heavy atom. The Labute approximate surface area is 106 Å². The van der Waals surface area contributed by atoms with Gasteiger partial charge in [-0.15, -0.1) is 0 Å². The molecule has 1 fully saturated rings. The Hall–Kier alpha value is -1.27. The van der Waals surface area contributed by atoms with E-state index in [4.69, 9.17) is 9.47 Å². The van der Waals surface area contributed by atoms with Gasteiger partial charge in [-0.2, -0.15) is 4.31 Å². The number of ether oxygens (including phenoxy) is 2. The monoisotopic (exact) mass is 269 g/mol. The van der Waals surface area contributed by atoms with Crippen LogP contribution in [-0.2, 0) is 10.0 Å². The van der Waals surface area contributed by atoms with Crippen LogP contribution >= 0.6 is 0 Å². The molecule has 3 rings (SSSR count). The van der Waals surface area contributed by atoms with Gasteiger partial charge in [-0.1, -0.05) is 6.07 Å². The number of hydrogen-bond donors (Lipinski definition) is 0. The molecule has 1 aromatic rings. The van der Waals surface area contributed by atoms with Crippen LogP contribution in [0.25, 0.3) is 0 Å². The molecule has 0 radical (unpaired) electrons. The van der Waals surface area contributed by atoms with E-state index in [9.17, 15) is 8.42 Å². The van der Waals surface area contributed by atoms with Crippen LogP contribution in [0, 0.1) is 0 Å². The van der Waals surface area contributed by atoms with Crippen molar-refractivity contribution in [2.75, 3.05) is 20.3 Å². The number of benzene rings is 1. The standard InChI is InChI=1S/C12H15NO4S/c1-13(9-5-6-9)18(14,15)11-4-2-3-10-12(11)17-8-7-16-10/h2-4,9H,5-8H2,1H3. The average molecular weight is 269 g/mol. The van der Waals surface area contributed by atoms with Crippen LogP contribution < -0.4 is 9.47 Å². The lowest BCUT2D eigenvalue weighted by Gasteiger charge is -2.23. The average Bonchev–Trinajstić information content (AvgIpc) is 3.21. The molecule has 18 heavy (non-hydrogen) atoms. The van der Waals surface area contributed by atoms with E-state index in [1.807, 2.05) is 0 Å². The molecule has 0 aromatic heterocycles. The van der Waals surface area contributed by atoms with Gasteiger partial charge in [0, 0.05) is 13.1 Å². The number of rotatable bonds is 3. The fourth-order valence-corrected chi connectivity index (χ4v) is 3.60. The van der Waals surface area contributed by atoms with E-state index in [-0.39, 0.29) is 10.9 Å². The maximum absolute atomic E-state index is 12.5. The van der Waals surface area contributed by atoms with Gasteiger partial charge in [-0.05, 0) is 25.0 Å². The van der Waals surface area contributed by atoms with Crippen molar-refractivity contribution in [3.05, 3.63) is 18.2 Å². The highest BCUT2D eigenvalue weighted by atomic mass is 32.2. The van der Waals surface area contributed by atoms with E-state index in [0.717, 1.165) is 12.8 Å². The van der Waals surface area contributed by atoms with Gasteiger partial charge in [-0.25, -0.2) is 8.42 Å². The maximum atomic E-state index is 12.5. The Balaban J connectivity index is 2.06. The highest BCUT2D eigenvalue weighted by Crippen LogP contribution is 2.39. The van der Waals surface area contributed by atoms with Gasteiger partial charge in [0.25, 0.3) is 0 Å². The minimum Gasteiger partial charge on any atom is -0.486 e. The molecule has 6 heteroatoms. The first kappa shape index (κ1) is 11.8. The van der Waals surface area contributed by atoms with E-state index in [1.165, 1.54) is 4.31 Å². The summed E-state index contributed by atoms with van der Waals surface area (Å²) in [6.07, 6.45) is 1.87. The Kier molecular flexibility index (Phi) is 2.71. The number of para-hydroxylation sites is 1. The number of sulfonamides is 1. The summed E-state index contributed by atoms with van der Waals surface area (Å²) in [5, 5.41) is 0. The Bertz CT molecular complexity index is 565. The van der Waals surface area contributed by atoms with Gasteiger partial charge in [-0.3, -0.25) is 0 Å². The number of hydrogen-bond acceptors (Lipinski definition) is 4. The second kappa shape index (κ2) is 4.13. The molecule has 0 saturated heterocycles. The normalized spacial score (nSPS) is 19.0. The lowest BCUT2D eigenvalue weighted by Crippen LogP contribution is -2.30. The second-order valence-electron chi connectivity index (χ2n) is 4.53. The summed E-state index contributed by atoms with van der Waals surface area (Å²) >= 11 is 0. The summed E-state index contributed by atoms with van der Waals surface area (Å²) in [6.45, 7) is 0.835. The van der Waals surface area contributed by atoms with Crippen LogP contribution in [0.15, 0.2) is 23.1 Å². The quantitative estimate of drug-likeness (QED) is 0.828. The molecule has 0 atom stereocenters. The molecular formula is C12H15NO4S. The van der Waals surface area contributed by atoms with Crippen LogP contribution in [0.1, 0.15) is 12.8 Å². The van der Waals surface area contributed by atoms with Crippen molar-refractivity contribution in [3.63, 3.8) is 0 Å². The summed E-state index contributed by atoms with van der Waals surface area (Å²) in [4.78, 5) is 0.203. The summed E-state index contributed by atoms with van der Waals surface area (Å²) < 4.78 is 37.3. The minimum atomic E-state index is -3.49. The molecule has 1 aromatic carbocycles. The molecule has 1 heterocycles. The first-order valence-corrected chi connectivity index (χ1v) is 7.41. The van der Waals surface area contributed by atoms with Crippen molar-refractivity contribution < 1.29 is 17.9 Å². The molecule has 0 N–H and O–H groups in total. The number of fused-ring (bicyclic) bond motifs is 1. The third kappa shape index (κ3) is 1.85. The molecule has 0 bridgehead atoms. The zero-order valence-electron chi connectivity index (χ0n) is 10.1. The van der Waals surface area contributed by atoms with Crippen molar-refractivity contribution in [2.24, 2.45) is 0 Å². The summed E-state index contributed by atoms with van der Waals surface area (Å²) in [5.41, 5.74) is 0. The largest absolute Gasteiger partial charge is 0.486 e. The Morgan fingerprint density at radius 3 is 2.67 bits per heavy atom. The molecular weight excluding hydrogens is 254 g/mol. The van der Waals surface area contributed by atoms with E-state index in [1.54, 1.807) is 25.2 Å². The van der Waals surface area contributed by atoms with Crippen LogP contribution in [-0.4, -0.2) is 39.0 Å². The molecule has 5 nitrogen and oxygen atoms in total. The smallest absolute Gasteiger partial charge is 0.246 e. The Morgan fingerprint density at radius 1 is 1.22 bits per heavy atom. The first-order chi connectivity index (χ1) is 8.60. The third-order valence-corrected chi connectivity index (χ3v) is 5.18. The SMILES string of the molecule is CN(C1CC1)S(=O)(=O)c1cccc2c1OCCO2. The van der Waals surface area contributed by atoms with Crippen molar-refractivity contribution in [1.29, 1.82) is 0 Å². The number of nitrogens with zero attached hydrogens (tertiary/aromatic N) is 1. The summed E-state index contributed by atoms with van der Waals surface area (Å²) in [5.74, 6) is 0.850. The van der Waals surface area contributed by atoms with Gasteiger partial charge in [0.1, 0.15) is 18.1 Å². The van der Waals surface area contributed by atoms with Crippen molar-refractivity contribution in [3.8, 4) is 11.5 Å². The van der Waals surface area contributed by atoms with Crippen LogP contribution in [0.3, 0.4) is 0 Å². The van der Waals surface area contributed by atoms with E-state index < -0.39 is 10.0 Å². The van der Waals surface area contributed by atoms with Gasteiger partial charge in [0.05, 0.1) is 0 Å².